The van der Waals surface area contributed by atoms with E-state index in [1.807, 2.05) is 67.8 Å². The Morgan fingerprint density at radius 2 is 1.71 bits per heavy atom. The van der Waals surface area contributed by atoms with Gasteiger partial charge in [-0.05, 0) is 79.4 Å². The minimum absolute atomic E-state index is 0.0543. The van der Waals surface area contributed by atoms with Crippen molar-refractivity contribution in [1.82, 2.24) is 5.32 Å². The molecule has 0 unspecified atom stereocenters. The van der Waals surface area contributed by atoms with E-state index in [9.17, 15) is 19.2 Å². The first-order valence-electron chi connectivity index (χ1n) is 8.51. The number of benzene rings is 1. The molecule has 0 atom stereocenters. The number of nitrogens with one attached hydrogen (secondary N) is 2. The molecule has 9 nitrogen and oxygen atoms in total. The first-order chi connectivity index (χ1) is 14.3. The summed E-state index contributed by atoms with van der Waals surface area (Å²) in [4.78, 5) is 48.1. The second-order valence-electron chi connectivity index (χ2n) is 6.56. The molecule has 0 aliphatic carbocycles. The van der Waals surface area contributed by atoms with Gasteiger partial charge in [0.25, 0.3) is 17.1 Å². The Balaban J connectivity index is 2.36. The molecule has 0 saturated heterocycles. The number of carbonyl (C=O) groups is 4. The van der Waals surface area contributed by atoms with Crippen molar-refractivity contribution in [3.05, 3.63) is 33.9 Å². The fourth-order valence-electron chi connectivity index (χ4n) is 2.39. The second kappa shape index (κ2) is 10.8. The molecule has 2 amide bonds. The van der Waals surface area contributed by atoms with Gasteiger partial charge in [-0.1, -0.05) is 0 Å². The molecule has 1 aliphatic heterocycles. The monoisotopic (exact) mass is 788 g/mol. The lowest BCUT2D eigenvalue weighted by Gasteiger charge is -2.19. The lowest BCUT2D eigenvalue weighted by molar-refractivity contribution is -0.144. The minimum Gasteiger partial charge on any atom is -0.457 e. The molecule has 168 valence electrons. The standard InChI is InChI=1S/C18H16ClI3N2O7/c1-7(25)29-6-9(26)24-15-13(21)10(16(19)27)12(20)11(14(15)22)17(28)23-4-8-5-30-18(2,3)31-8/h5H,4,6H2,1-3H3,(H,23,28)(H,24,26). The predicted octanol–water partition coefficient (Wildman–Crippen LogP) is 3.74. The molecule has 1 aromatic carbocycles. The number of ether oxygens (including phenoxy) is 3. The molecule has 0 fully saturated rings. The van der Waals surface area contributed by atoms with Crippen LogP contribution in [0.1, 0.15) is 41.5 Å². The molecule has 2 rings (SSSR count). The maximum absolute atomic E-state index is 13.0. The number of halogens is 4. The fourth-order valence-corrected chi connectivity index (χ4v) is 7.32. The zero-order valence-corrected chi connectivity index (χ0v) is 23.6. The maximum atomic E-state index is 13.0. The van der Waals surface area contributed by atoms with Crippen LogP contribution in [-0.2, 0) is 23.8 Å². The first kappa shape index (κ1) is 26.4. The fraction of sp³-hybridized carbons (Fsp3) is 0.333. The van der Waals surface area contributed by atoms with Gasteiger partial charge in [-0.3, -0.25) is 19.2 Å². The summed E-state index contributed by atoms with van der Waals surface area (Å²) in [5.41, 5.74) is 0.456. The van der Waals surface area contributed by atoms with Gasteiger partial charge in [0.2, 0.25) is 5.79 Å². The topological polar surface area (TPSA) is 120 Å². The molecular formula is C18H16ClI3N2O7. The highest BCUT2D eigenvalue weighted by atomic mass is 127. The van der Waals surface area contributed by atoms with Gasteiger partial charge in [0.1, 0.15) is 6.26 Å². The van der Waals surface area contributed by atoms with Crippen LogP contribution in [0.15, 0.2) is 12.0 Å². The molecule has 0 radical (unpaired) electrons. The highest BCUT2D eigenvalue weighted by Gasteiger charge is 2.30. The highest BCUT2D eigenvalue weighted by molar-refractivity contribution is 14.1. The van der Waals surface area contributed by atoms with Crippen LogP contribution in [0.5, 0.6) is 0 Å². The third kappa shape index (κ3) is 6.80. The molecule has 13 heteroatoms. The molecule has 0 bridgehead atoms. The van der Waals surface area contributed by atoms with Gasteiger partial charge in [-0.2, -0.15) is 0 Å². The lowest BCUT2D eigenvalue weighted by Crippen LogP contribution is -2.30. The van der Waals surface area contributed by atoms with Crippen molar-refractivity contribution in [3.8, 4) is 0 Å². The number of anilines is 1. The summed E-state index contributed by atoms with van der Waals surface area (Å²) in [6, 6.07) is 0. The third-order valence-corrected chi connectivity index (χ3v) is 7.11. The average Bonchev–Trinajstić information content (AvgIpc) is 3.00. The Hall–Kier alpha value is -0.880. The predicted molar refractivity (Wildman–Crippen MR) is 137 cm³/mol. The van der Waals surface area contributed by atoms with E-state index in [1.165, 1.54) is 13.2 Å². The Kier molecular flexibility index (Phi) is 9.21. The summed E-state index contributed by atoms with van der Waals surface area (Å²) in [6.07, 6.45) is 1.42. The zero-order valence-electron chi connectivity index (χ0n) is 16.4. The van der Waals surface area contributed by atoms with E-state index in [2.05, 4.69) is 15.4 Å². The summed E-state index contributed by atoms with van der Waals surface area (Å²) < 4.78 is 16.6. The SMILES string of the molecule is CC(=O)OCC(=O)Nc1c(I)c(C(=O)Cl)c(I)c(C(=O)NCC2=COC(C)(C)O2)c1I. The lowest BCUT2D eigenvalue weighted by atomic mass is 10.1. The van der Waals surface area contributed by atoms with Crippen LogP contribution in [0.25, 0.3) is 0 Å². The Bertz CT molecular complexity index is 995. The normalized spacial score (nSPS) is 14.1. The van der Waals surface area contributed by atoms with Crippen LogP contribution in [0, 0.1) is 10.7 Å². The van der Waals surface area contributed by atoms with Crippen LogP contribution in [-0.4, -0.2) is 42.0 Å². The van der Waals surface area contributed by atoms with Crippen molar-refractivity contribution in [1.29, 1.82) is 0 Å². The van der Waals surface area contributed by atoms with Crippen LogP contribution < -0.4 is 10.6 Å². The van der Waals surface area contributed by atoms with Crippen molar-refractivity contribution < 1.29 is 33.4 Å². The smallest absolute Gasteiger partial charge is 0.303 e. The summed E-state index contributed by atoms with van der Waals surface area (Å²) in [6.45, 7) is 4.17. The number of hydrogen-bond acceptors (Lipinski definition) is 7. The second-order valence-corrected chi connectivity index (χ2v) is 10.1. The number of esters is 1. The van der Waals surface area contributed by atoms with E-state index >= 15 is 0 Å². The molecular weight excluding hydrogens is 772 g/mol. The van der Waals surface area contributed by atoms with E-state index in [4.69, 9.17) is 21.1 Å². The number of hydrogen-bond donors (Lipinski definition) is 2. The van der Waals surface area contributed by atoms with Gasteiger partial charge in [-0.25, -0.2) is 0 Å². The van der Waals surface area contributed by atoms with Crippen LogP contribution in [0.4, 0.5) is 5.69 Å². The van der Waals surface area contributed by atoms with Crippen molar-refractivity contribution >= 4 is 108 Å². The van der Waals surface area contributed by atoms with Crippen LogP contribution >= 0.6 is 79.4 Å². The van der Waals surface area contributed by atoms with E-state index in [0.29, 0.717) is 16.5 Å². The van der Waals surface area contributed by atoms with E-state index in [0.717, 1.165) is 0 Å². The molecule has 2 N–H and O–H groups in total. The molecule has 1 aromatic rings. The van der Waals surface area contributed by atoms with Gasteiger partial charge in [0, 0.05) is 24.3 Å². The summed E-state index contributed by atoms with van der Waals surface area (Å²) >= 11 is 11.4. The van der Waals surface area contributed by atoms with Gasteiger partial charge >= 0.3 is 5.97 Å². The Morgan fingerprint density at radius 3 is 2.23 bits per heavy atom. The van der Waals surface area contributed by atoms with Crippen molar-refractivity contribution in [2.75, 3.05) is 18.5 Å². The quantitative estimate of drug-likeness (QED) is 0.246. The van der Waals surface area contributed by atoms with Crippen molar-refractivity contribution in [2.45, 2.75) is 26.6 Å². The molecule has 1 heterocycles. The summed E-state index contributed by atoms with van der Waals surface area (Å²) in [7, 11) is 0. The summed E-state index contributed by atoms with van der Waals surface area (Å²) in [5.74, 6) is -2.14. The zero-order chi connectivity index (χ0) is 23.5. The molecule has 31 heavy (non-hydrogen) atoms. The number of rotatable bonds is 7. The Labute approximate surface area is 223 Å². The van der Waals surface area contributed by atoms with Crippen molar-refractivity contribution in [3.63, 3.8) is 0 Å². The maximum Gasteiger partial charge on any atom is 0.303 e. The first-order valence-corrected chi connectivity index (χ1v) is 12.1. The molecule has 0 spiro atoms. The van der Waals surface area contributed by atoms with Gasteiger partial charge in [0.05, 0.1) is 30.5 Å². The van der Waals surface area contributed by atoms with Gasteiger partial charge in [0.15, 0.2) is 12.4 Å². The summed E-state index contributed by atoms with van der Waals surface area (Å²) in [5, 5.41) is 4.50. The van der Waals surface area contributed by atoms with Gasteiger partial charge < -0.3 is 24.8 Å². The van der Waals surface area contributed by atoms with E-state index < -0.39 is 35.4 Å². The highest BCUT2D eigenvalue weighted by Crippen LogP contribution is 2.36. The minimum atomic E-state index is -0.816. The molecule has 0 saturated carbocycles. The largest absolute Gasteiger partial charge is 0.457 e. The third-order valence-electron chi connectivity index (χ3n) is 3.69. The van der Waals surface area contributed by atoms with Gasteiger partial charge in [-0.15, -0.1) is 0 Å². The van der Waals surface area contributed by atoms with Crippen LogP contribution in [0.2, 0.25) is 0 Å². The number of amides is 2. The van der Waals surface area contributed by atoms with E-state index in [-0.39, 0.29) is 23.4 Å². The van der Waals surface area contributed by atoms with Crippen molar-refractivity contribution in [2.24, 2.45) is 0 Å². The number of carbonyl (C=O) groups excluding carboxylic acids is 4. The molecule has 0 aromatic heterocycles. The molecule has 1 aliphatic rings. The van der Waals surface area contributed by atoms with Crippen LogP contribution in [0.3, 0.4) is 0 Å². The Morgan fingerprint density at radius 1 is 1.10 bits per heavy atom. The average molecular weight is 788 g/mol. The van der Waals surface area contributed by atoms with E-state index in [1.54, 1.807) is 13.8 Å².